The zero-order chi connectivity index (χ0) is 13.2. The van der Waals surface area contributed by atoms with Crippen LogP contribution in [0.25, 0.3) is 0 Å². The van der Waals surface area contributed by atoms with Crippen LogP contribution in [0.2, 0.25) is 0 Å². The van der Waals surface area contributed by atoms with E-state index < -0.39 is 18.1 Å². The van der Waals surface area contributed by atoms with Crippen LogP contribution >= 0.6 is 15.9 Å². The van der Waals surface area contributed by atoms with Crippen LogP contribution in [0.15, 0.2) is 16.6 Å². The summed E-state index contributed by atoms with van der Waals surface area (Å²) in [6, 6.07) is 2.35. The molecule has 4 nitrogen and oxygen atoms in total. The van der Waals surface area contributed by atoms with Crippen molar-refractivity contribution in [3.8, 4) is 5.75 Å². The summed E-state index contributed by atoms with van der Waals surface area (Å²) in [7, 11) is 1.05. The van der Waals surface area contributed by atoms with Crippen LogP contribution in [0.1, 0.15) is 10.4 Å². The van der Waals surface area contributed by atoms with E-state index in [1.165, 1.54) is 6.07 Å². The van der Waals surface area contributed by atoms with Gasteiger partial charge < -0.3 is 15.2 Å². The first-order valence-corrected chi connectivity index (χ1v) is 4.97. The lowest BCUT2D eigenvalue weighted by molar-refractivity contribution is -0.275. The van der Waals surface area contributed by atoms with E-state index in [0.717, 1.165) is 13.2 Å². The molecule has 1 aromatic rings. The Morgan fingerprint density at radius 1 is 1.41 bits per heavy atom. The molecule has 0 aromatic heterocycles. The van der Waals surface area contributed by atoms with Gasteiger partial charge in [0.15, 0.2) is 5.75 Å². The Labute approximate surface area is 103 Å². The summed E-state index contributed by atoms with van der Waals surface area (Å²) in [6.45, 7) is 0. The number of hydrogen-bond acceptors (Lipinski definition) is 4. The molecule has 0 spiro atoms. The highest BCUT2D eigenvalue weighted by Gasteiger charge is 2.34. The third-order valence-corrected chi connectivity index (χ3v) is 2.57. The number of benzene rings is 1. The quantitative estimate of drug-likeness (QED) is 0.673. The van der Waals surface area contributed by atoms with E-state index in [-0.39, 0.29) is 15.7 Å². The first kappa shape index (κ1) is 13.6. The highest BCUT2D eigenvalue weighted by Crippen LogP contribution is 2.37. The lowest BCUT2D eigenvalue weighted by Crippen LogP contribution is -2.20. The molecule has 0 aliphatic carbocycles. The van der Waals surface area contributed by atoms with Gasteiger partial charge in [-0.05, 0) is 28.1 Å². The van der Waals surface area contributed by atoms with E-state index in [9.17, 15) is 18.0 Å². The number of carbonyl (C=O) groups is 1. The molecule has 94 valence electrons. The second-order valence-corrected chi connectivity index (χ2v) is 3.68. The average molecular weight is 314 g/mol. The fraction of sp³-hybridized carbons (Fsp3) is 0.222. The molecule has 17 heavy (non-hydrogen) atoms. The summed E-state index contributed by atoms with van der Waals surface area (Å²) >= 11 is 2.82. The predicted molar refractivity (Wildman–Crippen MR) is 56.6 cm³/mol. The van der Waals surface area contributed by atoms with Crippen molar-refractivity contribution in [1.29, 1.82) is 0 Å². The zero-order valence-corrected chi connectivity index (χ0v) is 10.1. The Kier molecular flexibility index (Phi) is 3.87. The first-order chi connectivity index (χ1) is 7.76. The van der Waals surface area contributed by atoms with E-state index in [2.05, 4.69) is 25.4 Å². The molecule has 0 saturated carbocycles. The van der Waals surface area contributed by atoms with Crippen LogP contribution in [0.5, 0.6) is 5.75 Å². The zero-order valence-electron chi connectivity index (χ0n) is 8.47. The summed E-state index contributed by atoms with van der Waals surface area (Å²) < 4.78 is 44.4. The molecular weight excluding hydrogens is 307 g/mol. The number of nitrogens with two attached hydrogens (primary N) is 1. The Bertz CT molecular complexity index is 448. The van der Waals surface area contributed by atoms with Crippen LogP contribution in [-0.4, -0.2) is 19.4 Å². The minimum atomic E-state index is -4.93. The standard InChI is InChI=1S/C9H7BrF3NO3/c1-16-8(15)4-2-3-5(14)6(10)7(4)17-9(11,12)13/h2-3H,14H2,1H3. The number of anilines is 1. The summed E-state index contributed by atoms with van der Waals surface area (Å²) in [6.07, 6.45) is -4.93. The molecular formula is C9H7BrF3NO3. The summed E-state index contributed by atoms with van der Waals surface area (Å²) in [5.74, 6) is -1.67. The van der Waals surface area contributed by atoms with Gasteiger partial charge in [-0.1, -0.05) is 0 Å². The lowest BCUT2D eigenvalue weighted by atomic mass is 10.2. The molecule has 1 aromatic carbocycles. The smallest absolute Gasteiger partial charge is 0.465 e. The fourth-order valence-electron chi connectivity index (χ4n) is 1.06. The highest BCUT2D eigenvalue weighted by atomic mass is 79.9. The molecule has 8 heteroatoms. The first-order valence-electron chi connectivity index (χ1n) is 4.18. The number of esters is 1. The maximum absolute atomic E-state index is 12.2. The number of hydrogen-bond donors (Lipinski definition) is 1. The number of alkyl halides is 3. The van der Waals surface area contributed by atoms with Gasteiger partial charge in [-0.15, -0.1) is 13.2 Å². The summed E-state index contributed by atoms with van der Waals surface area (Å²) in [5.41, 5.74) is 5.05. The van der Waals surface area contributed by atoms with Gasteiger partial charge in [-0.2, -0.15) is 0 Å². The van der Waals surface area contributed by atoms with E-state index >= 15 is 0 Å². The normalized spacial score (nSPS) is 11.1. The molecule has 2 N–H and O–H groups in total. The molecule has 0 aliphatic rings. The Morgan fingerprint density at radius 2 is 2.00 bits per heavy atom. The van der Waals surface area contributed by atoms with Gasteiger partial charge in [0.25, 0.3) is 0 Å². The average Bonchev–Trinajstić information content (AvgIpc) is 2.22. The molecule has 0 atom stereocenters. The number of ether oxygens (including phenoxy) is 2. The van der Waals surface area contributed by atoms with Crippen molar-refractivity contribution in [2.45, 2.75) is 6.36 Å². The SMILES string of the molecule is COC(=O)c1ccc(N)c(Br)c1OC(F)(F)F. The second kappa shape index (κ2) is 4.82. The number of halogens is 4. The molecule has 0 amide bonds. The van der Waals surface area contributed by atoms with Crippen molar-refractivity contribution in [2.75, 3.05) is 12.8 Å². The van der Waals surface area contributed by atoms with E-state index in [1.54, 1.807) is 0 Å². The van der Waals surface area contributed by atoms with Crippen molar-refractivity contribution in [3.05, 3.63) is 22.2 Å². The monoisotopic (exact) mass is 313 g/mol. The van der Waals surface area contributed by atoms with Crippen LogP contribution in [0, 0.1) is 0 Å². The molecule has 1 rings (SSSR count). The van der Waals surface area contributed by atoms with E-state index in [4.69, 9.17) is 5.73 Å². The van der Waals surface area contributed by atoms with E-state index in [0.29, 0.717) is 0 Å². The van der Waals surface area contributed by atoms with Crippen molar-refractivity contribution < 1.29 is 27.4 Å². The van der Waals surface area contributed by atoms with Crippen LogP contribution in [0.4, 0.5) is 18.9 Å². The highest BCUT2D eigenvalue weighted by molar-refractivity contribution is 9.10. The molecule has 0 saturated heterocycles. The maximum Gasteiger partial charge on any atom is 0.573 e. The van der Waals surface area contributed by atoms with Gasteiger partial charge in [-0.3, -0.25) is 0 Å². The topological polar surface area (TPSA) is 61.5 Å². The molecule has 0 radical (unpaired) electrons. The summed E-state index contributed by atoms with van der Waals surface area (Å²) in [4.78, 5) is 11.3. The van der Waals surface area contributed by atoms with Gasteiger partial charge in [0.1, 0.15) is 5.56 Å². The van der Waals surface area contributed by atoms with E-state index in [1.807, 2.05) is 0 Å². The maximum atomic E-state index is 12.2. The number of carbonyl (C=O) groups excluding carboxylic acids is 1. The molecule has 0 aliphatic heterocycles. The summed E-state index contributed by atoms with van der Waals surface area (Å²) in [5, 5.41) is 0. The van der Waals surface area contributed by atoms with Crippen LogP contribution in [0.3, 0.4) is 0 Å². The Morgan fingerprint density at radius 3 is 2.47 bits per heavy atom. The van der Waals surface area contributed by atoms with Crippen LogP contribution in [-0.2, 0) is 4.74 Å². The van der Waals surface area contributed by atoms with Gasteiger partial charge in [0, 0.05) is 5.69 Å². The number of rotatable bonds is 2. The fourth-order valence-corrected chi connectivity index (χ4v) is 1.48. The molecule has 0 heterocycles. The van der Waals surface area contributed by atoms with Gasteiger partial charge in [0.2, 0.25) is 0 Å². The Hall–Kier alpha value is -1.44. The van der Waals surface area contributed by atoms with Gasteiger partial charge >= 0.3 is 12.3 Å². The molecule has 0 bridgehead atoms. The number of nitrogen functional groups attached to an aromatic ring is 1. The number of methoxy groups -OCH3 is 1. The molecule has 0 unspecified atom stereocenters. The Balaban J connectivity index is 3.31. The predicted octanol–water partition coefficient (Wildman–Crippen LogP) is 2.72. The van der Waals surface area contributed by atoms with Crippen molar-refractivity contribution in [1.82, 2.24) is 0 Å². The van der Waals surface area contributed by atoms with Gasteiger partial charge in [0.05, 0.1) is 11.6 Å². The largest absolute Gasteiger partial charge is 0.573 e. The van der Waals surface area contributed by atoms with Crippen molar-refractivity contribution in [3.63, 3.8) is 0 Å². The van der Waals surface area contributed by atoms with Crippen LogP contribution < -0.4 is 10.5 Å². The minimum Gasteiger partial charge on any atom is -0.465 e. The van der Waals surface area contributed by atoms with Gasteiger partial charge in [-0.25, -0.2) is 4.79 Å². The third-order valence-electron chi connectivity index (χ3n) is 1.75. The van der Waals surface area contributed by atoms with Crippen molar-refractivity contribution >= 4 is 27.6 Å². The second-order valence-electron chi connectivity index (χ2n) is 2.88. The molecule has 0 fully saturated rings. The lowest BCUT2D eigenvalue weighted by Gasteiger charge is -2.14. The third kappa shape index (κ3) is 3.26. The minimum absolute atomic E-state index is 0.0110. The van der Waals surface area contributed by atoms with Crippen molar-refractivity contribution in [2.24, 2.45) is 0 Å².